The predicted molar refractivity (Wildman–Crippen MR) is 251 cm³/mol. The van der Waals surface area contributed by atoms with Gasteiger partial charge in [-0.05, 0) is 133 Å². The van der Waals surface area contributed by atoms with Gasteiger partial charge < -0.3 is 9.47 Å². The monoisotopic (exact) mass is 752 g/mol. The SMILES string of the molecule is CC1(C)c2cc(N(c3ccc4c(c3)c3ccccc3n4-c3ccccc3)c3ccc4ccccc4c3-c3ccc4ccccc4c3)ccc2-c2cc3ccccc3cc21. The Morgan fingerprint density at radius 3 is 1.80 bits per heavy atom. The molecule has 2 heteroatoms. The highest BCUT2D eigenvalue weighted by Crippen LogP contribution is 2.53. The summed E-state index contributed by atoms with van der Waals surface area (Å²) in [6.07, 6.45) is 0. The lowest BCUT2D eigenvalue weighted by atomic mass is 9.81. The van der Waals surface area contributed by atoms with Crippen LogP contribution in [0.2, 0.25) is 0 Å². The summed E-state index contributed by atoms with van der Waals surface area (Å²) >= 11 is 0. The van der Waals surface area contributed by atoms with Gasteiger partial charge in [0.2, 0.25) is 0 Å². The van der Waals surface area contributed by atoms with Crippen LogP contribution in [0.3, 0.4) is 0 Å². The molecule has 1 aromatic heterocycles. The van der Waals surface area contributed by atoms with E-state index in [9.17, 15) is 0 Å². The van der Waals surface area contributed by atoms with E-state index in [1.165, 1.54) is 87.5 Å². The van der Waals surface area contributed by atoms with Crippen molar-refractivity contribution in [2.45, 2.75) is 19.3 Å². The fourth-order valence-electron chi connectivity index (χ4n) is 10.0. The van der Waals surface area contributed by atoms with Crippen LogP contribution in [-0.4, -0.2) is 4.57 Å². The van der Waals surface area contributed by atoms with E-state index < -0.39 is 0 Å². The smallest absolute Gasteiger partial charge is 0.0546 e. The van der Waals surface area contributed by atoms with Crippen LogP contribution in [0.25, 0.3) is 82.1 Å². The first-order valence-electron chi connectivity index (χ1n) is 20.6. The van der Waals surface area contributed by atoms with E-state index in [2.05, 4.69) is 230 Å². The van der Waals surface area contributed by atoms with Crippen molar-refractivity contribution in [1.29, 1.82) is 0 Å². The van der Waals surface area contributed by atoms with Crippen molar-refractivity contribution < 1.29 is 0 Å². The number of aromatic nitrogens is 1. The van der Waals surface area contributed by atoms with Crippen LogP contribution < -0.4 is 4.90 Å². The van der Waals surface area contributed by atoms with Crippen LogP contribution in [0.5, 0.6) is 0 Å². The number of hydrogen-bond donors (Lipinski definition) is 0. The van der Waals surface area contributed by atoms with Gasteiger partial charge in [-0.3, -0.25) is 0 Å². The standard InChI is InChI=1S/C57H40N2/c1-57(2)51-34-41-18-9-8-17-40(41)33-49(51)47-29-27-45(36-52(47)57)58(44-28-31-54-50(35-44)48-22-12-13-23-53(48)59(54)43-19-4-3-5-20-43)55-30-26-38-15-10-11-21-46(38)56(55)42-25-24-37-14-6-7-16-39(37)32-42/h3-36H,1-2H3. The van der Waals surface area contributed by atoms with E-state index >= 15 is 0 Å². The summed E-state index contributed by atoms with van der Waals surface area (Å²) in [6.45, 7) is 4.78. The number of nitrogens with zero attached hydrogens (tertiary/aromatic N) is 2. The van der Waals surface area contributed by atoms with Gasteiger partial charge in [0.15, 0.2) is 0 Å². The summed E-state index contributed by atoms with van der Waals surface area (Å²) in [6, 6.07) is 76.4. The largest absolute Gasteiger partial charge is 0.310 e. The van der Waals surface area contributed by atoms with Gasteiger partial charge in [0, 0.05) is 38.8 Å². The minimum atomic E-state index is -0.187. The molecule has 0 saturated heterocycles. The van der Waals surface area contributed by atoms with Crippen molar-refractivity contribution in [2.75, 3.05) is 4.90 Å². The molecule has 278 valence electrons. The number of benzene rings is 10. The van der Waals surface area contributed by atoms with E-state index in [1.54, 1.807) is 0 Å². The Kier molecular flexibility index (Phi) is 7.31. The average molecular weight is 753 g/mol. The third-order valence-corrected chi connectivity index (χ3v) is 12.9. The maximum atomic E-state index is 2.51. The quantitative estimate of drug-likeness (QED) is 0.170. The van der Waals surface area contributed by atoms with Gasteiger partial charge in [-0.1, -0.05) is 147 Å². The van der Waals surface area contributed by atoms with Crippen molar-refractivity contribution in [3.05, 3.63) is 217 Å². The van der Waals surface area contributed by atoms with E-state index in [1.807, 2.05) is 0 Å². The Morgan fingerprint density at radius 2 is 0.983 bits per heavy atom. The molecule has 0 amide bonds. The van der Waals surface area contributed by atoms with Crippen molar-refractivity contribution in [3.63, 3.8) is 0 Å². The first kappa shape index (κ1) is 33.7. The van der Waals surface area contributed by atoms with Crippen LogP contribution >= 0.6 is 0 Å². The van der Waals surface area contributed by atoms with E-state index in [0.29, 0.717) is 0 Å². The Balaban J connectivity index is 1.14. The van der Waals surface area contributed by atoms with Gasteiger partial charge >= 0.3 is 0 Å². The molecule has 0 spiro atoms. The Bertz CT molecular complexity index is 3480. The lowest BCUT2D eigenvalue weighted by molar-refractivity contribution is 0.661. The zero-order valence-electron chi connectivity index (χ0n) is 33.0. The van der Waals surface area contributed by atoms with Gasteiger partial charge in [-0.25, -0.2) is 0 Å². The highest BCUT2D eigenvalue weighted by atomic mass is 15.1. The summed E-state index contributed by atoms with van der Waals surface area (Å²) in [5, 5.41) is 9.94. The summed E-state index contributed by atoms with van der Waals surface area (Å²) in [5.41, 5.74) is 14.5. The van der Waals surface area contributed by atoms with Crippen LogP contribution in [0.1, 0.15) is 25.0 Å². The molecule has 0 saturated carbocycles. The lowest BCUT2D eigenvalue weighted by Crippen LogP contribution is -2.17. The van der Waals surface area contributed by atoms with Gasteiger partial charge in [0.05, 0.1) is 16.7 Å². The number of para-hydroxylation sites is 2. The molecule has 0 aliphatic heterocycles. The maximum absolute atomic E-state index is 2.51. The van der Waals surface area contributed by atoms with Crippen molar-refractivity contribution in [2.24, 2.45) is 0 Å². The topological polar surface area (TPSA) is 8.17 Å². The molecule has 0 atom stereocenters. The number of hydrogen-bond acceptors (Lipinski definition) is 1. The molecule has 0 fully saturated rings. The molecule has 59 heavy (non-hydrogen) atoms. The second kappa shape index (κ2) is 12.8. The molecule has 12 rings (SSSR count). The van der Waals surface area contributed by atoms with Crippen molar-refractivity contribution in [3.8, 4) is 27.9 Å². The van der Waals surface area contributed by atoms with E-state index in [-0.39, 0.29) is 5.41 Å². The third-order valence-electron chi connectivity index (χ3n) is 12.9. The molecule has 0 radical (unpaired) electrons. The van der Waals surface area contributed by atoms with Gasteiger partial charge in [-0.15, -0.1) is 0 Å². The van der Waals surface area contributed by atoms with E-state index in [0.717, 1.165) is 22.7 Å². The van der Waals surface area contributed by atoms with Crippen LogP contribution in [0, 0.1) is 0 Å². The van der Waals surface area contributed by atoms with Gasteiger partial charge in [0.1, 0.15) is 0 Å². The van der Waals surface area contributed by atoms with Gasteiger partial charge in [0.25, 0.3) is 0 Å². The first-order valence-corrected chi connectivity index (χ1v) is 20.6. The molecule has 10 aromatic carbocycles. The molecule has 0 N–H and O–H groups in total. The summed E-state index contributed by atoms with van der Waals surface area (Å²) in [4.78, 5) is 2.51. The fourth-order valence-corrected chi connectivity index (χ4v) is 10.0. The van der Waals surface area contributed by atoms with Crippen molar-refractivity contribution >= 4 is 71.2 Å². The molecule has 2 nitrogen and oxygen atoms in total. The summed E-state index contributed by atoms with van der Waals surface area (Å²) in [7, 11) is 0. The molecule has 11 aromatic rings. The predicted octanol–water partition coefficient (Wildman–Crippen LogP) is 15.7. The zero-order chi connectivity index (χ0) is 39.2. The molecule has 0 unspecified atom stereocenters. The number of rotatable bonds is 5. The average Bonchev–Trinajstić information content (AvgIpc) is 3.73. The van der Waals surface area contributed by atoms with Crippen molar-refractivity contribution in [1.82, 2.24) is 4.57 Å². The fraction of sp³-hybridized carbons (Fsp3) is 0.0526. The molecule has 0 bridgehead atoms. The summed E-state index contributed by atoms with van der Waals surface area (Å²) < 4.78 is 2.40. The van der Waals surface area contributed by atoms with Crippen LogP contribution in [0.4, 0.5) is 17.1 Å². The lowest BCUT2D eigenvalue weighted by Gasteiger charge is -2.30. The molecule has 1 aliphatic carbocycles. The highest BCUT2D eigenvalue weighted by molar-refractivity contribution is 6.12. The number of fused-ring (bicyclic) bond motifs is 9. The Labute approximate surface area is 343 Å². The van der Waals surface area contributed by atoms with Gasteiger partial charge in [-0.2, -0.15) is 0 Å². The minimum Gasteiger partial charge on any atom is -0.310 e. The number of anilines is 3. The second-order valence-electron chi connectivity index (χ2n) is 16.6. The Morgan fingerprint density at radius 1 is 0.390 bits per heavy atom. The molecule has 1 heterocycles. The third kappa shape index (κ3) is 5.13. The first-order chi connectivity index (χ1) is 29.0. The Hall–Kier alpha value is -7.42. The summed E-state index contributed by atoms with van der Waals surface area (Å²) in [5.74, 6) is 0. The van der Waals surface area contributed by atoms with Crippen LogP contribution in [0.15, 0.2) is 206 Å². The molecular formula is C57H40N2. The highest BCUT2D eigenvalue weighted by Gasteiger charge is 2.36. The second-order valence-corrected chi connectivity index (χ2v) is 16.6. The molecule has 1 aliphatic rings. The van der Waals surface area contributed by atoms with E-state index in [4.69, 9.17) is 0 Å². The normalized spacial score (nSPS) is 13.1. The molecular weight excluding hydrogens is 713 g/mol. The maximum Gasteiger partial charge on any atom is 0.0546 e. The minimum absolute atomic E-state index is 0.187. The zero-order valence-corrected chi connectivity index (χ0v) is 33.0. The van der Waals surface area contributed by atoms with Crippen LogP contribution in [-0.2, 0) is 5.41 Å².